The van der Waals surface area contributed by atoms with E-state index in [2.05, 4.69) is 10.2 Å². The van der Waals surface area contributed by atoms with E-state index in [9.17, 15) is 14.9 Å². The second-order valence-corrected chi connectivity index (χ2v) is 6.49. The molecule has 0 unspecified atom stereocenters. The number of nitrogens with zero attached hydrogens (tertiary/aromatic N) is 2. The molecule has 0 bridgehead atoms. The van der Waals surface area contributed by atoms with Crippen LogP contribution in [0.5, 0.6) is 0 Å². The van der Waals surface area contributed by atoms with Crippen molar-refractivity contribution in [3.8, 4) is 0 Å². The van der Waals surface area contributed by atoms with Gasteiger partial charge in [0.15, 0.2) is 0 Å². The predicted molar refractivity (Wildman–Crippen MR) is 89.5 cm³/mol. The third-order valence-electron chi connectivity index (χ3n) is 4.91. The Kier molecular flexibility index (Phi) is 5.71. The lowest BCUT2D eigenvalue weighted by Crippen LogP contribution is -2.52. The lowest BCUT2D eigenvalue weighted by Gasteiger charge is -2.39. The molecular weight excluding hydrogens is 294 g/mol. The zero-order chi connectivity index (χ0) is 16.9. The van der Waals surface area contributed by atoms with Gasteiger partial charge in [-0.15, -0.1) is 0 Å². The first-order valence-corrected chi connectivity index (χ1v) is 8.15. The van der Waals surface area contributed by atoms with E-state index in [1.165, 1.54) is 25.0 Å². The van der Waals surface area contributed by atoms with Crippen LogP contribution in [0.3, 0.4) is 0 Å². The van der Waals surface area contributed by atoms with Crippen LogP contribution in [-0.4, -0.2) is 41.9 Å². The van der Waals surface area contributed by atoms with Crippen molar-refractivity contribution in [1.29, 1.82) is 0 Å². The lowest BCUT2D eigenvalue weighted by atomic mass is 9.88. The summed E-state index contributed by atoms with van der Waals surface area (Å²) < 4.78 is 0. The van der Waals surface area contributed by atoms with Crippen molar-refractivity contribution in [2.45, 2.75) is 44.1 Å². The van der Waals surface area contributed by atoms with E-state index in [0.717, 1.165) is 25.7 Å². The highest BCUT2D eigenvalue weighted by atomic mass is 16.6. The second-order valence-electron chi connectivity index (χ2n) is 6.49. The molecule has 1 amide bonds. The van der Waals surface area contributed by atoms with E-state index < -0.39 is 4.92 Å². The fourth-order valence-electron chi connectivity index (χ4n) is 3.33. The Morgan fingerprint density at radius 3 is 2.39 bits per heavy atom. The SMILES string of the molecule is CN(C)C1(CNC(=O)c2ccccc2[N+](=O)[O-])CCCCCC1. The summed E-state index contributed by atoms with van der Waals surface area (Å²) in [7, 11) is 4.09. The second kappa shape index (κ2) is 7.55. The molecule has 1 aliphatic carbocycles. The Bertz CT molecular complexity index is 564. The standard InChI is InChI=1S/C17H25N3O3/c1-19(2)17(11-7-3-4-8-12-17)13-18-16(21)14-9-5-6-10-15(14)20(22)23/h5-6,9-10H,3-4,7-8,11-13H2,1-2H3,(H,18,21). The van der Waals surface area contributed by atoms with Crippen LogP contribution >= 0.6 is 0 Å². The summed E-state index contributed by atoms with van der Waals surface area (Å²) in [6, 6.07) is 6.09. The Morgan fingerprint density at radius 1 is 1.22 bits per heavy atom. The first-order chi connectivity index (χ1) is 11.0. The normalized spacial score (nSPS) is 17.5. The van der Waals surface area contributed by atoms with Crippen LogP contribution < -0.4 is 5.32 Å². The van der Waals surface area contributed by atoms with E-state index in [1.54, 1.807) is 12.1 Å². The maximum atomic E-state index is 12.4. The van der Waals surface area contributed by atoms with Crippen LogP contribution in [0.1, 0.15) is 48.9 Å². The zero-order valence-electron chi connectivity index (χ0n) is 13.9. The molecule has 23 heavy (non-hydrogen) atoms. The molecule has 0 aliphatic heterocycles. The van der Waals surface area contributed by atoms with Gasteiger partial charge in [0, 0.05) is 18.2 Å². The van der Waals surface area contributed by atoms with Crippen molar-refractivity contribution < 1.29 is 9.72 Å². The third-order valence-corrected chi connectivity index (χ3v) is 4.91. The van der Waals surface area contributed by atoms with Crippen molar-refractivity contribution in [3.63, 3.8) is 0 Å². The van der Waals surface area contributed by atoms with Crippen LogP contribution in [0.15, 0.2) is 24.3 Å². The number of hydrogen-bond donors (Lipinski definition) is 1. The highest BCUT2D eigenvalue weighted by Gasteiger charge is 2.34. The molecule has 0 saturated heterocycles. The molecule has 6 heteroatoms. The van der Waals surface area contributed by atoms with Gasteiger partial charge < -0.3 is 10.2 Å². The van der Waals surface area contributed by atoms with Crippen molar-refractivity contribution in [3.05, 3.63) is 39.9 Å². The largest absolute Gasteiger partial charge is 0.350 e. The van der Waals surface area contributed by atoms with Crippen molar-refractivity contribution >= 4 is 11.6 Å². The molecule has 0 spiro atoms. The van der Waals surface area contributed by atoms with Gasteiger partial charge in [-0.3, -0.25) is 14.9 Å². The number of hydrogen-bond acceptors (Lipinski definition) is 4. The summed E-state index contributed by atoms with van der Waals surface area (Å²) in [5.74, 6) is -0.372. The van der Waals surface area contributed by atoms with Gasteiger partial charge in [-0.05, 0) is 33.0 Å². The number of nitro benzene ring substituents is 1. The molecule has 1 aliphatic rings. The molecule has 6 nitrogen and oxygen atoms in total. The minimum absolute atomic E-state index is 0.0598. The van der Waals surface area contributed by atoms with Gasteiger partial charge in [-0.2, -0.15) is 0 Å². The number of rotatable bonds is 5. The third kappa shape index (κ3) is 4.07. The van der Waals surface area contributed by atoms with E-state index in [0.29, 0.717) is 6.54 Å². The summed E-state index contributed by atoms with van der Waals surface area (Å²) in [5, 5.41) is 14.0. The topological polar surface area (TPSA) is 75.5 Å². The first-order valence-electron chi connectivity index (χ1n) is 8.15. The number of likely N-dealkylation sites (N-methyl/N-ethyl adjacent to an activating group) is 1. The zero-order valence-corrected chi connectivity index (χ0v) is 13.9. The van der Waals surface area contributed by atoms with Crippen LogP contribution in [0, 0.1) is 10.1 Å². The Morgan fingerprint density at radius 2 is 1.83 bits per heavy atom. The average molecular weight is 319 g/mol. The number of carbonyl (C=O) groups excluding carboxylic acids is 1. The Balaban J connectivity index is 2.12. The molecule has 0 aromatic heterocycles. The van der Waals surface area contributed by atoms with Gasteiger partial charge in [0.2, 0.25) is 0 Å². The van der Waals surface area contributed by atoms with E-state index in [4.69, 9.17) is 0 Å². The molecule has 126 valence electrons. The van der Waals surface area contributed by atoms with Crippen molar-refractivity contribution in [2.75, 3.05) is 20.6 Å². The van der Waals surface area contributed by atoms with Crippen LogP contribution in [0.25, 0.3) is 0 Å². The first kappa shape index (κ1) is 17.4. The van der Waals surface area contributed by atoms with E-state index in [1.807, 2.05) is 14.1 Å². The maximum Gasteiger partial charge on any atom is 0.282 e. The molecule has 1 aromatic carbocycles. The smallest absolute Gasteiger partial charge is 0.282 e. The van der Waals surface area contributed by atoms with Crippen LogP contribution in [0.4, 0.5) is 5.69 Å². The molecule has 0 atom stereocenters. The van der Waals surface area contributed by atoms with Gasteiger partial charge in [0.1, 0.15) is 5.56 Å². The van der Waals surface area contributed by atoms with Crippen LogP contribution in [-0.2, 0) is 0 Å². The highest BCUT2D eigenvalue weighted by molar-refractivity contribution is 5.98. The van der Waals surface area contributed by atoms with Crippen LogP contribution in [0.2, 0.25) is 0 Å². The summed E-state index contributed by atoms with van der Waals surface area (Å²) in [5.41, 5.74) is -0.0831. The number of nitrogens with one attached hydrogen (secondary N) is 1. The van der Waals surface area contributed by atoms with Crippen molar-refractivity contribution in [2.24, 2.45) is 0 Å². The van der Waals surface area contributed by atoms with Crippen molar-refractivity contribution in [1.82, 2.24) is 10.2 Å². The summed E-state index contributed by atoms with van der Waals surface area (Å²) in [4.78, 5) is 25.2. The van der Waals surface area contributed by atoms with E-state index >= 15 is 0 Å². The molecule has 0 radical (unpaired) electrons. The maximum absolute atomic E-state index is 12.4. The quantitative estimate of drug-likeness (QED) is 0.514. The minimum atomic E-state index is -0.512. The minimum Gasteiger partial charge on any atom is -0.350 e. The summed E-state index contributed by atoms with van der Waals surface area (Å²) in [6.07, 6.45) is 6.84. The number of nitro groups is 1. The van der Waals surface area contributed by atoms with Gasteiger partial charge in [-0.1, -0.05) is 37.8 Å². The fourth-order valence-corrected chi connectivity index (χ4v) is 3.33. The summed E-state index contributed by atoms with van der Waals surface area (Å²) in [6.45, 7) is 0.519. The summed E-state index contributed by atoms with van der Waals surface area (Å²) >= 11 is 0. The number of carbonyl (C=O) groups is 1. The molecule has 0 heterocycles. The number of amides is 1. The van der Waals surface area contributed by atoms with Gasteiger partial charge in [0.05, 0.1) is 4.92 Å². The average Bonchev–Trinajstić information content (AvgIpc) is 2.79. The highest BCUT2D eigenvalue weighted by Crippen LogP contribution is 2.30. The predicted octanol–water partition coefficient (Wildman–Crippen LogP) is 2.98. The molecule has 1 fully saturated rings. The molecule has 1 N–H and O–H groups in total. The van der Waals surface area contributed by atoms with Gasteiger partial charge in [0.25, 0.3) is 11.6 Å². The van der Waals surface area contributed by atoms with Gasteiger partial charge >= 0.3 is 0 Å². The fraction of sp³-hybridized carbons (Fsp3) is 0.588. The lowest BCUT2D eigenvalue weighted by molar-refractivity contribution is -0.385. The molecule has 2 rings (SSSR count). The van der Waals surface area contributed by atoms with E-state index in [-0.39, 0.29) is 22.7 Å². The molecular formula is C17H25N3O3. The molecule has 1 aromatic rings. The monoisotopic (exact) mass is 319 g/mol. The number of para-hydroxylation sites is 1. The Labute approximate surface area is 137 Å². The molecule has 1 saturated carbocycles. The Hall–Kier alpha value is -1.95. The van der Waals surface area contributed by atoms with Gasteiger partial charge in [-0.25, -0.2) is 0 Å². The number of benzene rings is 1.